The summed E-state index contributed by atoms with van der Waals surface area (Å²) in [6.45, 7) is 5.67. The molecule has 0 aliphatic rings. The fourth-order valence-corrected chi connectivity index (χ4v) is 3.30. The number of aromatic hydroxyl groups is 1. The van der Waals surface area contributed by atoms with Crippen LogP contribution in [0.5, 0.6) is 5.75 Å². The van der Waals surface area contributed by atoms with Crippen LogP contribution in [0, 0.1) is 13.8 Å². The van der Waals surface area contributed by atoms with Gasteiger partial charge in [-0.15, -0.1) is 11.8 Å². The van der Waals surface area contributed by atoms with E-state index in [1.54, 1.807) is 19.1 Å². The van der Waals surface area contributed by atoms with Crippen LogP contribution in [0.25, 0.3) is 10.6 Å². The van der Waals surface area contributed by atoms with E-state index in [-0.39, 0.29) is 17.1 Å². The number of thioether (sulfide) groups is 1. The Balaban J connectivity index is 2.82. The van der Waals surface area contributed by atoms with Crippen LogP contribution in [0.15, 0.2) is 18.2 Å². The van der Waals surface area contributed by atoms with Crippen molar-refractivity contribution in [3.05, 3.63) is 40.6 Å². The lowest BCUT2D eigenvalue weighted by atomic mass is 10.1. The number of hydrogen-bond donors (Lipinski definition) is 3. The van der Waals surface area contributed by atoms with Crippen LogP contribution in [0.4, 0.5) is 5.82 Å². The lowest BCUT2D eigenvalue weighted by Gasteiger charge is -2.12. The lowest BCUT2D eigenvalue weighted by molar-refractivity contribution is 0.100. The van der Waals surface area contributed by atoms with Crippen molar-refractivity contribution >= 4 is 28.4 Å². The highest BCUT2D eigenvalue weighted by Gasteiger charge is 2.25. The maximum Gasteiger partial charge on any atom is 0.254 e. The molecule has 0 spiro atoms. The van der Waals surface area contributed by atoms with Crippen molar-refractivity contribution in [2.24, 2.45) is 5.73 Å². The largest absolute Gasteiger partial charge is 0.508 e. The van der Waals surface area contributed by atoms with E-state index in [0.29, 0.717) is 16.9 Å². The van der Waals surface area contributed by atoms with Gasteiger partial charge in [-0.2, -0.15) is 5.10 Å². The first-order valence-corrected chi connectivity index (χ1v) is 8.78. The summed E-state index contributed by atoms with van der Waals surface area (Å²) >= 11 is 1.48. The van der Waals surface area contributed by atoms with Gasteiger partial charge in [0.1, 0.15) is 22.8 Å². The van der Waals surface area contributed by atoms with Gasteiger partial charge in [0.05, 0.1) is 5.69 Å². The second-order valence-electron chi connectivity index (χ2n) is 5.44. The highest BCUT2D eigenvalue weighted by atomic mass is 32.2. The van der Waals surface area contributed by atoms with Crippen LogP contribution in [0.2, 0.25) is 0 Å². The zero-order valence-corrected chi connectivity index (χ0v) is 15.1. The van der Waals surface area contributed by atoms with Gasteiger partial charge < -0.3 is 16.6 Å². The molecule has 0 aliphatic heterocycles. The molecule has 0 saturated heterocycles. The molecule has 1 amide bonds. The SMILES string of the molecule is CC/C=C(\SC)c1nn(-c2c(C)ccc(O)c2C)c(N)c1C(N)=O. The minimum absolute atomic E-state index is 0.141. The molecule has 1 heterocycles. The second kappa shape index (κ2) is 7.00. The summed E-state index contributed by atoms with van der Waals surface area (Å²) in [4.78, 5) is 12.8. The average Bonchev–Trinajstić information content (AvgIpc) is 2.86. The summed E-state index contributed by atoms with van der Waals surface area (Å²) in [5, 5.41) is 14.6. The van der Waals surface area contributed by atoms with Gasteiger partial charge in [-0.1, -0.05) is 19.1 Å². The number of hydrogen-bond acceptors (Lipinski definition) is 5. The molecule has 0 radical (unpaired) electrons. The maximum absolute atomic E-state index is 12.0. The zero-order valence-electron chi connectivity index (χ0n) is 14.3. The molecule has 0 fully saturated rings. The van der Waals surface area contributed by atoms with Crippen LogP contribution in [-0.2, 0) is 0 Å². The van der Waals surface area contributed by atoms with E-state index in [0.717, 1.165) is 16.9 Å². The Kier molecular flexibility index (Phi) is 5.23. The van der Waals surface area contributed by atoms with Crippen molar-refractivity contribution in [1.82, 2.24) is 9.78 Å². The molecule has 0 bridgehead atoms. The number of anilines is 1. The second-order valence-corrected chi connectivity index (χ2v) is 6.29. The monoisotopic (exact) mass is 346 g/mol. The van der Waals surface area contributed by atoms with Gasteiger partial charge in [-0.25, -0.2) is 4.68 Å². The molecule has 1 aromatic carbocycles. The standard InChI is InChI=1S/C17H22N4O2S/c1-5-6-12(24-4)14-13(17(19)23)16(18)21(20-14)15-9(2)7-8-11(22)10(15)3/h6-8,22H,5,18H2,1-4H3,(H2,19,23)/b12-6-. The van der Waals surface area contributed by atoms with Crippen molar-refractivity contribution < 1.29 is 9.90 Å². The molecule has 6 nitrogen and oxygen atoms in total. The van der Waals surface area contributed by atoms with Crippen molar-refractivity contribution in [3.8, 4) is 11.4 Å². The molecule has 0 aliphatic carbocycles. The smallest absolute Gasteiger partial charge is 0.254 e. The Morgan fingerprint density at radius 3 is 2.62 bits per heavy atom. The zero-order chi connectivity index (χ0) is 18.0. The Morgan fingerprint density at radius 2 is 2.08 bits per heavy atom. The molecule has 7 heteroatoms. The Morgan fingerprint density at radius 1 is 1.42 bits per heavy atom. The van der Waals surface area contributed by atoms with Gasteiger partial charge in [0.2, 0.25) is 0 Å². The first-order chi connectivity index (χ1) is 11.3. The quantitative estimate of drug-likeness (QED) is 0.771. The van der Waals surface area contributed by atoms with Gasteiger partial charge in [-0.3, -0.25) is 4.79 Å². The lowest BCUT2D eigenvalue weighted by Crippen LogP contribution is -2.15. The minimum atomic E-state index is -0.625. The highest BCUT2D eigenvalue weighted by Crippen LogP contribution is 2.34. The van der Waals surface area contributed by atoms with Crippen LogP contribution < -0.4 is 11.5 Å². The van der Waals surface area contributed by atoms with E-state index in [1.807, 2.05) is 26.2 Å². The number of benzene rings is 1. The number of phenols is 1. The summed E-state index contributed by atoms with van der Waals surface area (Å²) in [5.41, 5.74) is 14.6. The van der Waals surface area contributed by atoms with Gasteiger partial charge >= 0.3 is 0 Å². The van der Waals surface area contributed by atoms with Crippen molar-refractivity contribution in [3.63, 3.8) is 0 Å². The number of carbonyl (C=O) groups is 1. The van der Waals surface area contributed by atoms with Crippen LogP contribution in [0.3, 0.4) is 0 Å². The molecule has 0 saturated carbocycles. The number of amides is 1. The number of carbonyl (C=O) groups excluding carboxylic acids is 1. The molecule has 128 valence electrons. The molecule has 0 atom stereocenters. The molecule has 2 aromatic rings. The fraction of sp³-hybridized carbons (Fsp3) is 0.294. The number of nitrogens with zero attached hydrogens (tertiary/aromatic N) is 2. The third-order valence-corrected chi connectivity index (χ3v) is 4.63. The maximum atomic E-state index is 12.0. The number of nitrogen functional groups attached to an aromatic ring is 1. The Hall–Kier alpha value is -2.41. The molecule has 24 heavy (non-hydrogen) atoms. The average molecular weight is 346 g/mol. The fourth-order valence-electron chi connectivity index (χ4n) is 2.63. The molecule has 2 rings (SSSR count). The van der Waals surface area contributed by atoms with E-state index >= 15 is 0 Å². The topological polar surface area (TPSA) is 107 Å². The third-order valence-electron chi connectivity index (χ3n) is 3.83. The molecular weight excluding hydrogens is 324 g/mol. The van der Waals surface area contributed by atoms with Crippen molar-refractivity contribution in [1.29, 1.82) is 0 Å². The van der Waals surface area contributed by atoms with Crippen LogP contribution in [-0.4, -0.2) is 27.0 Å². The number of nitrogens with two attached hydrogens (primary N) is 2. The summed E-state index contributed by atoms with van der Waals surface area (Å²) in [7, 11) is 0. The summed E-state index contributed by atoms with van der Waals surface area (Å²) < 4.78 is 1.49. The van der Waals surface area contributed by atoms with Crippen molar-refractivity contribution in [2.45, 2.75) is 27.2 Å². The first kappa shape index (κ1) is 17.9. The van der Waals surface area contributed by atoms with E-state index < -0.39 is 5.91 Å². The van der Waals surface area contributed by atoms with Crippen LogP contribution in [0.1, 0.15) is 40.5 Å². The summed E-state index contributed by atoms with van der Waals surface area (Å²) in [5.74, 6) is -0.313. The van der Waals surface area contributed by atoms with Gasteiger partial charge in [0, 0.05) is 10.5 Å². The molecule has 1 aromatic heterocycles. The number of phenolic OH excluding ortho intramolecular Hbond substituents is 1. The van der Waals surface area contributed by atoms with Crippen LogP contribution >= 0.6 is 11.8 Å². The first-order valence-electron chi connectivity index (χ1n) is 7.55. The normalized spacial score (nSPS) is 11.8. The van der Waals surface area contributed by atoms with Crippen molar-refractivity contribution in [2.75, 3.05) is 12.0 Å². The Labute approximate surface area is 145 Å². The van der Waals surface area contributed by atoms with E-state index in [1.165, 1.54) is 16.4 Å². The van der Waals surface area contributed by atoms with E-state index in [4.69, 9.17) is 11.5 Å². The molecule has 0 unspecified atom stereocenters. The predicted octanol–water partition coefficient (Wildman–Crippen LogP) is 2.99. The van der Waals surface area contributed by atoms with Gasteiger partial charge in [-0.05, 0) is 38.2 Å². The van der Waals surface area contributed by atoms with Gasteiger partial charge in [0.25, 0.3) is 5.91 Å². The van der Waals surface area contributed by atoms with Gasteiger partial charge in [0.15, 0.2) is 0 Å². The minimum Gasteiger partial charge on any atom is -0.508 e. The number of allylic oxidation sites excluding steroid dienone is 1. The predicted molar refractivity (Wildman–Crippen MR) is 99.4 cm³/mol. The summed E-state index contributed by atoms with van der Waals surface area (Å²) in [6.07, 6.45) is 4.68. The Bertz CT molecular complexity index is 824. The molecule has 5 N–H and O–H groups in total. The number of primary amides is 1. The summed E-state index contributed by atoms with van der Waals surface area (Å²) in [6, 6.07) is 3.40. The number of aryl methyl sites for hydroxylation is 1. The number of rotatable bonds is 5. The third kappa shape index (κ3) is 2.99. The van der Waals surface area contributed by atoms with E-state index in [9.17, 15) is 9.90 Å². The number of aromatic nitrogens is 2. The highest BCUT2D eigenvalue weighted by molar-refractivity contribution is 8.07. The molecular formula is C17H22N4O2S. The van der Waals surface area contributed by atoms with E-state index in [2.05, 4.69) is 5.10 Å².